The van der Waals surface area contributed by atoms with Crippen molar-refractivity contribution in [2.75, 3.05) is 13.2 Å². The summed E-state index contributed by atoms with van der Waals surface area (Å²) in [6, 6.07) is 28.3. The molecule has 4 rings (SSSR count). The monoisotopic (exact) mass is 428 g/mol. The molecule has 0 spiro atoms. The summed E-state index contributed by atoms with van der Waals surface area (Å²) in [5, 5.41) is 20.4. The van der Waals surface area contributed by atoms with Crippen molar-refractivity contribution in [3.8, 4) is 11.5 Å². The number of hydrogen-bond acceptors (Lipinski definition) is 4. The van der Waals surface area contributed by atoms with Gasteiger partial charge >= 0.3 is 0 Å². The minimum absolute atomic E-state index is 0.150. The van der Waals surface area contributed by atoms with Crippen molar-refractivity contribution < 1.29 is 19.7 Å². The van der Waals surface area contributed by atoms with Gasteiger partial charge in [-0.15, -0.1) is 0 Å². The topological polar surface area (TPSA) is 58.9 Å². The van der Waals surface area contributed by atoms with Gasteiger partial charge in [0, 0.05) is 13.2 Å². The quantitative estimate of drug-likeness (QED) is 0.370. The Kier molecular flexibility index (Phi) is 7.38. The summed E-state index contributed by atoms with van der Waals surface area (Å²) in [5.74, 6) is 1.63. The summed E-state index contributed by atoms with van der Waals surface area (Å²) in [5.41, 5.74) is 4.43. The molecule has 32 heavy (non-hydrogen) atoms. The van der Waals surface area contributed by atoms with Crippen LogP contribution in [0.4, 0.5) is 0 Å². The van der Waals surface area contributed by atoms with Crippen molar-refractivity contribution in [2.45, 2.75) is 26.1 Å². The number of hydrogen-bond donors (Lipinski definition) is 2. The lowest BCUT2D eigenvalue weighted by Crippen LogP contribution is -2.00. The molecule has 0 atom stereocenters. The molecular formula is C28H28O4. The van der Waals surface area contributed by atoms with E-state index in [1.807, 2.05) is 48.5 Å². The molecule has 0 amide bonds. The number of aliphatic hydroxyl groups excluding tert-OH is 2. The third kappa shape index (κ3) is 5.47. The molecule has 0 aliphatic heterocycles. The van der Waals surface area contributed by atoms with E-state index in [0.29, 0.717) is 26.1 Å². The van der Waals surface area contributed by atoms with E-state index in [9.17, 15) is 0 Å². The highest BCUT2D eigenvalue weighted by Crippen LogP contribution is 2.25. The molecule has 0 heterocycles. The molecular weight excluding hydrogens is 400 g/mol. The third-order valence-electron chi connectivity index (χ3n) is 5.54. The number of rotatable bonds is 10. The van der Waals surface area contributed by atoms with E-state index in [1.54, 1.807) is 0 Å². The molecule has 0 bridgehead atoms. The van der Waals surface area contributed by atoms with Crippen molar-refractivity contribution in [1.82, 2.24) is 0 Å². The van der Waals surface area contributed by atoms with Gasteiger partial charge in [0.25, 0.3) is 0 Å². The highest BCUT2D eigenvalue weighted by molar-refractivity contribution is 5.88. The molecule has 4 heteroatoms. The van der Waals surface area contributed by atoms with Crippen LogP contribution in [0.2, 0.25) is 0 Å². The average molecular weight is 429 g/mol. The number of benzene rings is 4. The summed E-state index contributed by atoms with van der Waals surface area (Å²) in [6.45, 7) is 1.26. The highest BCUT2D eigenvalue weighted by Gasteiger charge is 2.07. The van der Waals surface area contributed by atoms with Crippen molar-refractivity contribution in [2.24, 2.45) is 0 Å². The maximum atomic E-state index is 9.05. The minimum atomic E-state index is 0.150. The smallest absolute Gasteiger partial charge is 0.119 e. The normalized spacial score (nSPS) is 10.9. The Morgan fingerprint density at radius 3 is 1.28 bits per heavy atom. The molecule has 0 aromatic heterocycles. The second-order valence-electron chi connectivity index (χ2n) is 7.74. The van der Waals surface area contributed by atoms with Crippen molar-refractivity contribution in [1.29, 1.82) is 0 Å². The maximum absolute atomic E-state index is 9.05. The van der Waals surface area contributed by atoms with Crippen LogP contribution in [0.5, 0.6) is 11.5 Å². The molecule has 0 aliphatic carbocycles. The molecule has 0 unspecified atom stereocenters. The molecule has 0 saturated heterocycles. The Bertz CT molecular complexity index is 1040. The van der Waals surface area contributed by atoms with Crippen LogP contribution in [0, 0.1) is 0 Å². The zero-order valence-corrected chi connectivity index (χ0v) is 18.0. The lowest BCUT2D eigenvalue weighted by molar-refractivity contribution is 0.298. The van der Waals surface area contributed by atoms with Gasteiger partial charge in [-0.1, -0.05) is 60.7 Å². The fourth-order valence-corrected chi connectivity index (χ4v) is 3.78. The van der Waals surface area contributed by atoms with E-state index >= 15 is 0 Å². The highest BCUT2D eigenvalue weighted by atomic mass is 16.5. The molecule has 0 fully saturated rings. The molecule has 0 radical (unpaired) electrons. The Hall–Kier alpha value is -3.34. The number of ether oxygens (including phenoxy) is 2. The molecule has 4 aromatic carbocycles. The first kappa shape index (κ1) is 21.9. The van der Waals surface area contributed by atoms with Gasteiger partial charge in [0.05, 0.1) is 0 Å². The molecule has 4 aromatic rings. The van der Waals surface area contributed by atoms with Crippen LogP contribution in [0.1, 0.15) is 22.3 Å². The van der Waals surface area contributed by atoms with E-state index in [0.717, 1.165) is 44.5 Å². The fourth-order valence-electron chi connectivity index (χ4n) is 3.78. The van der Waals surface area contributed by atoms with Crippen LogP contribution < -0.4 is 9.47 Å². The van der Waals surface area contributed by atoms with Crippen LogP contribution in [-0.4, -0.2) is 23.4 Å². The van der Waals surface area contributed by atoms with Crippen LogP contribution in [-0.2, 0) is 26.1 Å². The largest absolute Gasteiger partial charge is 0.489 e. The Balaban J connectivity index is 1.45. The first-order valence-corrected chi connectivity index (χ1v) is 10.9. The summed E-state index contributed by atoms with van der Waals surface area (Å²) in [4.78, 5) is 0. The van der Waals surface area contributed by atoms with Crippen molar-refractivity contribution >= 4 is 10.8 Å². The zero-order chi connectivity index (χ0) is 22.2. The van der Waals surface area contributed by atoms with Crippen LogP contribution in [0.3, 0.4) is 0 Å². The van der Waals surface area contributed by atoms with Gasteiger partial charge < -0.3 is 19.7 Å². The van der Waals surface area contributed by atoms with Crippen LogP contribution >= 0.6 is 0 Å². The maximum Gasteiger partial charge on any atom is 0.119 e. The summed E-state index contributed by atoms with van der Waals surface area (Å²) >= 11 is 0. The minimum Gasteiger partial charge on any atom is -0.489 e. The standard InChI is InChI=1S/C28H28O4/c29-17-15-21-7-11-25(12-8-21)31-19-23-3-1-5-27-24(4-2-6-28(23)27)20-32-26-13-9-22(10-14-26)16-18-30/h1-14,29-30H,15-20H2. The fraction of sp³-hybridized carbons (Fsp3) is 0.214. The molecule has 2 N–H and O–H groups in total. The summed E-state index contributed by atoms with van der Waals surface area (Å²) in [6.07, 6.45) is 1.31. The van der Waals surface area contributed by atoms with Gasteiger partial charge in [-0.05, 0) is 70.1 Å². The van der Waals surface area contributed by atoms with E-state index in [2.05, 4.69) is 36.4 Å². The van der Waals surface area contributed by atoms with Gasteiger partial charge in [0.1, 0.15) is 24.7 Å². The Labute approximate surface area is 188 Å². The molecule has 164 valence electrons. The van der Waals surface area contributed by atoms with Crippen molar-refractivity contribution in [3.63, 3.8) is 0 Å². The third-order valence-corrected chi connectivity index (χ3v) is 5.54. The second-order valence-corrected chi connectivity index (χ2v) is 7.74. The van der Waals surface area contributed by atoms with E-state index in [1.165, 1.54) is 0 Å². The van der Waals surface area contributed by atoms with Crippen molar-refractivity contribution in [3.05, 3.63) is 107 Å². The first-order chi connectivity index (χ1) is 15.8. The van der Waals surface area contributed by atoms with Crippen LogP contribution in [0.15, 0.2) is 84.9 Å². The van der Waals surface area contributed by atoms with E-state index in [-0.39, 0.29) is 13.2 Å². The van der Waals surface area contributed by atoms with Gasteiger partial charge in [0.15, 0.2) is 0 Å². The summed E-state index contributed by atoms with van der Waals surface area (Å²) < 4.78 is 12.0. The van der Waals surface area contributed by atoms with E-state index in [4.69, 9.17) is 19.7 Å². The predicted molar refractivity (Wildman–Crippen MR) is 127 cm³/mol. The Morgan fingerprint density at radius 1 is 0.500 bits per heavy atom. The first-order valence-electron chi connectivity index (χ1n) is 10.9. The zero-order valence-electron chi connectivity index (χ0n) is 18.0. The SMILES string of the molecule is OCCc1ccc(OCc2cccc3c(COc4ccc(CCO)cc4)cccc23)cc1. The second kappa shape index (κ2) is 10.8. The summed E-state index contributed by atoms with van der Waals surface area (Å²) in [7, 11) is 0. The van der Waals surface area contributed by atoms with Gasteiger partial charge in [-0.2, -0.15) is 0 Å². The van der Waals surface area contributed by atoms with E-state index < -0.39 is 0 Å². The molecule has 4 nitrogen and oxygen atoms in total. The lowest BCUT2D eigenvalue weighted by atomic mass is 10.0. The van der Waals surface area contributed by atoms with Gasteiger partial charge in [0.2, 0.25) is 0 Å². The van der Waals surface area contributed by atoms with Crippen LogP contribution in [0.25, 0.3) is 10.8 Å². The van der Waals surface area contributed by atoms with Gasteiger partial charge in [-0.3, -0.25) is 0 Å². The predicted octanol–water partition coefficient (Wildman–Crippen LogP) is 5.07. The average Bonchev–Trinajstić information content (AvgIpc) is 2.83. The number of fused-ring (bicyclic) bond motifs is 1. The Morgan fingerprint density at radius 2 is 0.906 bits per heavy atom. The molecule has 0 aliphatic rings. The van der Waals surface area contributed by atoms with Gasteiger partial charge in [-0.25, -0.2) is 0 Å². The number of aliphatic hydroxyl groups is 2. The molecule has 0 saturated carbocycles. The lowest BCUT2D eigenvalue weighted by Gasteiger charge is -2.13.